The number of nitrogens with one attached hydrogen (secondary N) is 1. The first-order valence-electron chi connectivity index (χ1n) is 5.88. The number of hydrogen-bond acceptors (Lipinski definition) is 5. The van der Waals surface area contributed by atoms with Crippen LogP contribution < -0.4 is 5.32 Å². The molecular weight excluding hydrogens is 220 g/mol. The van der Waals surface area contributed by atoms with Crippen molar-refractivity contribution < 1.29 is 14.1 Å². The zero-order valence-corrected chi connectivity index (χ0v) is 10.8. The third-order valence-corrected chi connectivity index (χ3v) is 2.51. The lowest BCUT2D eigenvalue weighted by molar-refractivity contribution is -0.144. The summed E-state index contributed by atoms with van der Waals surface area (Å²) in [6.45, 7) is 6.79. The topological polar surface area (TPSA) is 64.4 Å². The van der Waals surface area contributed by atoms with E-state index in [2.05, 4.69) is 17.4 Å². The predicted molar refractivity (Wildman–Crippen MR) is 64.9 cm³/mol. The summed E-state index contributed by atoms with van der Waals surface area (Å²) in [5.74, 6) is 0.624. The largest absolute Gasteiger partial charge is 0.468 e. The molecule has 1 N–H and O–H groups in total. The van der Waals surface area contributed by atoms with Gasteiger partial charge in [-0.15, -0.1) is 0 Å². The number of hydrogen-bond donors (Lipinski definition) is 1. The molecule has 1 heterocycles. The lowest BCUT2D eigenvalue weighted by Crippen LogP contribution is -2.19. The first-order valence-corrected chi connectivity index (χ1v) is 5.88. The molecule has 17 heavy (non-hydrogen) atoms. The first kappa shape index (κ1) is 13.5. The molecule has 0 aliphatic rings. The van der Waals surface area contributed by atoms with Crippen molar-refractivity contribution in [3.63, 3.8) is 0 Å². The molecule has 1 atom stereocenters. The molecule has 96 valence electrons. The number of aromatic nitrogens is 1. The number of methoxy groups -OCH3 is 1. The average molecular weight is 240 g/mol. The summed E-state index contributed by atoms with van der Waals surface area (Å²) in [5.41, 5.74) is 0. The first-order chi connectivity index (χ1) is 8.10. The Balaban J connectivity index is 2.81. The van der Waals surface area contributed by atoms with E-state index in [1.54, 1.807) is 6.07 Å². The van der Waals surface area contributed by atoms with Crippen LogP contribution in [0.5, 0.6) is 0 Å². The molecular formula is C12H20N2O3. The standard InChI is InChI=1S/C12H20N2O3/c1-5-6-13-10-7-9(17-14-10)11(8(2)3)12(15)16-4/h7-8,11H,5-6H2,1-4H3,(H,13,14). The van der Waals surface area contributed by atoms with Crippen LogP contribution >= 0.6 is 0 Å². The Morgan fingerprint density at radius 3 is 2.82 bits per heavy atom. The maximum Gasteiger partial charge on any atom is 0.316 e. The third-order valence-electron chi connectivity index (χ3n) is 2.51. The molecule has 0 saturated carbocycles. The Morgan fingerprint density at radius 2 is 2.29 bits per heavy atom. The van der Waals surface area contributed by atoms with Crippen LogP contribution in [0.15, 0.2) is 10.6 Å². The van der Waals surface area contributed by atoms with Crippen molar-refractivity contribution in [3.8, 4) is 0 Å². The smallest absolute Gasteiger partial charge is 0.316 e. The third kappa shape index (κ3) is 3.47. The molecule has 5 nitrogen and oxygen atoms in total. The lowest BCUT2D eigenvalue weighted by Gasteiger charge is -2.14. The van der Waals surface area contributed by atoms with Crippen molar-refractivity contribution in [2.75, 3.05) is 19.0 Å². The molecule has 1 rings (SSSR count). The van der Waals surface area contributed by atoms with E-state index in [9.17, 15) is 4.79 Å². The Morgan fingerprint density at radius 1 is 1.59 bits per heavy atom. The van der Waals surface area contributed by atoms with Gasteiger partial charge in [0.1, 0.15) is 5.92 Å². The monoisotopic (exact) mass is 240 g/mol. The number of carbonyl (C=O) groups excluding carboxylic acids is 1. The number of nitrogens with zero attached hydrogens (tertiary/aromatic N) is 1. The van der Waals surface area contributed by atoms with Crippen molar-refractivity contribution in [1.82, 2.24) is 5.16 Å². The van der Waals surface area contributed by atoms with Crippen LogP contribution in [-0.4, -0.2) is 24.8 Å². The highest BCUT2D eigenvalue weighted by molar-refractivity contribution is 5.77. The molecule has 0 aliphatic carbocycles. The fourth-order valence-electron chi connectivity index (χ4n) is 1.62. The van der Waals surface area contributed by atoms with Gasteiger partial charge in [0.15, 0.2) is 11.6 Å². The molecule has 0 aliphatic heterocycles. The van der Waals surface area contributed by atoms with E-state index in [4.69, 9.17) is 9.26 Å². The molecule has 5 heteroatoms. The summed E-state index contributed by atoms with van der Waals surface area (Å²) in [6.07, 6.45) is 1.01. The van der Waals surface area contributed by atoms with Crippen molar-refractivity contribution in [1.29, 1.82) is 0 Å². The van der Waals surface area contributed by atoms with Gasteiger partial charge in [0, 0.05) is 12.6 Å². The summed E-state index contributed by atoms with van der Waals surface area (Å²) in [4.78, 5) is 11.6. The molecule has 0 amide bonds. The fourth-order valence-corrected chi connectivity index (χ4v) is 1.62. The molecule has 0 bridgehead atoms. The lowest BCUT2D eigenvalue weighted by atomic mass is 9.93. The van der Waals surface area contributed by atoms with Gasteiger partial charge in [-0.2, -0.15) is 0 Å². The molecule has 0 fully saturated rings. The van der Waals surface area contributed by atoms with Crippen molar-refractivity contribution >= 4 is 11.8 Å². The SMILES string of the molecule is CCCNc1cc(C(C(=O)OC)C(C)C)on1. The number of carbonyl (C=O) groups is 1. The number of esters is 1. The highest BCUT2D eigenvalue weighted by atomic mass is 16.5. The highest BCUT2D eigenvalue weighted by Gasteiger charge is 2.29. The Kier molecular flexibility index (Phi) is 5.00. The van der Waals surface area contributed by atoms with E-state index in [0.717, 1.165) is 13.0 Å². The maximum absolute atomic E-state index is 11.6. The normalized spacial score (nSPS) is 12.5. The van der Waals surface area contributed by atoms with Gasteiger partial charge >= 0.3 is 5.97 Å². The minimum Gasteiger partial charge on any atom is -0.468 e. The summed E-state index contributed by atoms with van der Waals surface area (Å²) in [7, 11) is 1.38. The summed E-state index contributed by atoms with van der Waals surface area (Å²) >= 11 is 0. The van der Waals surface area contributed by atoms with Gasteiger partial charge < -0.3 is 14.6 Å². The molecule has 1 aromatic rings. The van der Waals surface area contributed by atoms with Crippen LogP contribution in [0.25, 0.3) is 0 Å². The van der Waals surface area contributed by atoms with Crippen molar-refractivity contribution in [3.05, 3.63) is 11.8 Å². The van der Waals surface area contributed by atoms with Crippen LogP contribution in [0, 0.1) is 5.92 Å². The van der Waals surface area contributed by atoms with E-state index < -0.39 is 5.92 Å². The van der Waals surface area contributed by atoms with Gasteiger partial charge in [0.2, 0.25) is 0 Å². The summed E-state index contributed by atoms with van der Waals surface area (Å²) in [5, 5.41) is 6.99. The maximum atomic E-state index is 11.6. The minimum absolute atomic E-state index is 0.106. The van der Waals surface area contributed by atoms with Crippen molar-refractivity contribution in [2.45, 2.75) is 33.1 Å². The second-order valence-electron chi connectivity index (χ2n) is 4.29. The Hall–Kier alpha value is -1.52. The van der Waals surface area contributed by atoms with E-state index in [0.29, 0.717) is 11.6 Å². The van der Waals surface area contributed by atoms with Gasteiger partial charge in [0.05, 0.1) is 7.11 Å². The second kappa shape index (κ2) is 6.27. The molecule has 1 unspecified atom stereocenters. The van der Waals surface area contributed by atoms with Crippen LogP contribution in [0.1, 0.15) is 38.9 Å². The number of anilines is 1. The van der Waals surface area contributed by atoms with Crippen LogP contribution in [0.4, 0.5) is 5.82 Å². The van der Waals surface area contributed by atoms with Crippen LogP contribution in [0.2, 0.25) is 0 Å². The van der Waals surface area contributed by atoms with Gasteiger partial charge in [-0.25, -0.2) is 0 Å². The van der Waals surface area contributed by atoms with Crippen molar-refractivity contribution in [2.24, 2.45) is 5.92 Å². The number of rotatable bonds is 6. The predicted octanol–water partition coefficient (Wildman–Crippen LogP) is 2.41. The van der Waals surface area contributed by atoms with Crippen LogP contribution in [0.3, 0.4) is 0 Å². The van der Waals surface area contributed by atoms with Gasteiger partial charge in [-0.05, 0) is 12.3 Å². The number of ether oxygens (including phenoxy) is 1. The fraction of sp³-hybridized carbons (Fsp3) is 0.667. The molecule has 0 radical (unpaired) electrons. The van der Waals surface area contributed by atoms with E-state index in [-0.39, 0.29) is 11.9 Å². The molecule has 0 aromatic carbocycles. The van der Waals surface area contributed by atoms with Gasteiger partial charge in [-0.1, -0.05) is 25.9 Å². The van der Waals surface area contributed by atoms with E-state index in [1.165, 1.54) is 7.11 Å². The molecule has 0 spiro atoms. The molecule has 0 saturated heterocycles. The quantitative estimate of drug-likeness (QED) is 0.773. The van der Waals surface area contributed by atoms with E-state index in [1.807, 2.05) is 13.8 Å². The second-order valence-corrected chi connectivity index (χ2v) is 4.29. The van der Waals surface area contributed by atoms with Gasteiger partial charge in [-0.3, -0.25) is 4.79 Å². The zero-order valence-electron chi connectivity index (χ0n) is 10.8. The highest BCUT2D eigenvalue weighted by Crippen LogP contribution is 2.27. The summed E-state index contributed by atoms with van der Waals surface area (Å²) in [6, 6.07) is 1.76. The van der Waals surface area contributed by atoms with E-state index >= 15 is 0 Å². The Labute approximate surface area is 102 Å². The Bertz CT molecular complexity index is 360. The molecule has 1 aromatic heterocycles. The average Bonchev–Trinajstić information content (AvgIpc) is 2.74. The van der Waals surface area contributed by atoms with Gasteiger partial charge in [0.25, 0.3) is 0 Å². The minimum atomic E-state index is -0.398. The van der Waals surface area contributed by atoms with Crippen LogP contribution in [-0.2, 0) is 9.53 Å². The zero-order chi connectivity index (χ0) is 12.8. The summed E-state index contributed by atoms with van der Waals surface area (Å²) < 4.78 is 9.97.